The average Bonchev–Trinajstić information content (AvgIpc) is 2.86. The van der Waals surface area contributed by atoms with Crippen LogP contribution in [0, 0.1) is 13.8 Å². The van der Waals surface area contributed by atoms with Crippen LogP contribution < -0.4 is 0 Å². The van der Waals surface area contributed by atoms with Crippen molar-refractivity contribution in [2.45, 2.75) is 30.9 Å². The standard InChI is InChI=1S/C15H15ClO2S2/c1-9-4-5-12(8-10(9)2)20(18)11(3)15(17)13-6-7-14(16)19-13/h4-8,11H,1-3H3. The maximum Gasteiger partial charge on any atom is 0.188 e. The quantitative estimate of drug-likeness (QED) is 0.780. The lowest BCUT2D eigenvalue weighted by molar-refractivity contribution is 0.0996. The number of halogens is 1. The van der Waals surface area contributed by atoms with Crippen molar-refractivity contribution in [3.8, 4) is 0 Å². The summed E-state index contributed by atoms with van der Waals surface area (Å²) in [5, 5.41) is -0.577. The minimum atomic E-state index is -1.35. The highest BCUT2D eigenvalue weighted by molar-refractivity contribution is 7.86. The Bertz CT molecular complexity index is 676. The van der Waals surface area contributed by atoms with Crippen LogP contribution >= 0.6 is 22.9 Å². The first-order chi connectivity index (χ1) is 9.40. The average molecular weight is 327 g/mol. The predicted octanol–water partition coefficient (Wildman–Crippen LogP) is 4.40. The van der Waals surface area contributed by atoms with Crippen molar-refractivity contribution in [2.75, 3.05) is 0 Å². The molecule has 2 aromatic rings. The highest BCUT2D eigenvalue weighted by atomic mass is 35.5. The molecule has 0 aliphatic carbocycles. The topological polar surface area (TPSA) is 34.1 Å². The molecule has 0 N–H and O–H groups in total. The molecule has 0 spiro atoms. The Hall–Kier alpha value is -0.970. The molecule has 1 aromatic heterocycles. The normalized spacial score (nSPS) is 14.0. The van der Waals surface area contributed by atoms with Crippen LogP contribution in [0.1, 0.15) is 27.7 Å². The van der Waals surface area contributed by atoms with E-state index in [0.717, 1.165) is 11.1 Å². The van der Waals surface area contributed by atoms with Gasteiger partial charge in [0.1, 0.15) is 5.25 Å². The molecule has 5 heteroatoms. The molecule has 0 aliphatic rings. The smallest absolute Gasteiger partial charge is 0.188 e. The third kappa shape index (κ3) is 3.19. The summed E-state index contributed by atoms with van der Waals surface area (Å²) >= 11 is 7.06. The van der Waals surface area contributed by atoms with Gasteiger partial charge in [0.2, 0.25) is 0 Å². The van der Waals surface area contributed by atoms with E-state index in [9.17, 15) is 9.00 Å². The van der Waals surface area contributed by atoms with Crippen LogP contribution in [0.25, 0.3) is 0 Å². The summed E-state index contributed by atoms with van der Waals surface area (Å²) in [6, 6.07) is 9.01. The number of benzene rings is 1. The van der Waals surface area contributed by atoms with Crippen molar-refractivity contribution in [1.29, 1.82) is 0 Å². The summed E-state index contributed by atoms with van der Waals surface area (Å²) in [6.07, 6.45) is 0. The van der Waals surface area contributed by atoms with Crippen molar-refractivity contribution in [3.05, 3.63) is 50.7 Å². The van der Waals surface area contributed by atoms with Gasteiger partial charge in [0.05, 0.1) is 20.0 Å². The molecule has 0 bridgehead atoms. The van der Waals surface area contributed by atoms with Crippen molar-refractivity contribution in [1.82, 2.24) is 0 Å². The number of carbonyl (C=O) groups is 1. The maximum atomic E-state index is 12.5. The van der Waals surface area contributed by atoms with Crippen LogP contribution in [0.15, 0.2) is 35.2 Å². The van der Waals surface area contributed by atoms with Crippen LogP contribution in [-0.2, 0) is 10.8 Å². The van der Waals surface area contributed by atoms with Crippen molar-refractivity contribution >= 4 is 39.5 Å². The summed E-state index contributed by atoms with van der Waals surface area (Å²) in [7, 11) is -1.35. The Morgan fingerprint density at radius 1 is 1.20 bits per heavy atom. The van der Waals surface area contributed by atoms with E-state index in [1.54, 1.807) is 19.1 Å². The molecule has 2 unspecified atom stereocenters. The van der Waals surface area contributed by atoms with Gasteiger partial charge in [-0.1, -0.05) is 17.7 Å². The fraction of sp³-hybridized carbons (Fsp3) is 0.267. The minimum absolute atomic E-state index is 0.126. The largest absolute Gasteiger partial charge is 0.292 e. The minimum Gasteiger partial charge on any atom is -0.292 e. The molecule has 0 saturated carbocycles. The Labute approximate surface area is 130 Å². The Kier molecular flexibility index (Phi) is 4.78. The van der Waals surface area contributed by atoms with Gasteiger partial charge in [-0.15, -0.1) is 11.3 Å². The monoisotopic (exact) mass is 326 g/mol. The fourth-order valence-corrected chi connectivity index (χ4v) is 4.16. The molecule has 2 rings (SSSR count). The van der Waals surface area contributed by atoms with Crippen molar-refractivity contribution < 1.29 is 9.00 Å². The number of Topliss-reactive ketones (excluding diaryl/α,β-unsaturated/α-hetero) is 1. The van der Waals surface area contributed by atoms with E-state index in [4.69, 9.17) is 11.6 Å². The molecule has 20 heavy (non-hydrogen) atoms. The third-order valence-corrected chi connectivity index (χ3v) is 6.04. The van der Waals surface area contributed by atoms with E-state index in [1.165, 1.54) is 11.3 Å². The molecular weight excluding hydrogens is 312 g/mol. The first-order valence-corrected chi connectivity index (χ1v) is 8.58. The molecule has 106 valence electrons. The fourth-order valence-electron chi connectivity index (χ4n) is 1.79. The molecule has 0 fully saturated rings. The zero-order valence-electron chi connectivity index (χ0n) is 11.5. The predicted molar refractivity (Wildman–Crippen MR) is 85.4 cm³/mol. The van der Waals surface area contributed by atoms with Crippen LogP contribution in [0.5, 0.6) is 0 Å². The van der Waals surface area contributed by atoms with Gasteiger partial charge in [-0.05, 0) is 56.2 Å². The zero-order valence-corrected chi connectivity index (χ0v) is 13.9. The molecular formula is C15H15ClO2S2. The van der Waals surface area contributed by atoms with Gasteiger partial charge < -0.3 is 0 Å². The lowest BCUT2D eigenvalue weighted by atomic mass is 10.1. The molecule has 0 amide bonds. The van der Waals surface area contributed by atoms with Crippen molar-refractivity contribution in [2.24, 2.45) is 0 Å². The van der Waals surface area contributed by atoms with Gasteiger partial charge in [-0.3, -0.25) is 9.00 Å². The number of rotatable bonds is 4. The molecule has 1 aromatic carbocycles. The summed E-state index contributed by atoms with van der Waals surface area (Å²) < 4.78 is 13.1. The Morgan fingerprint density at radius 3 is 2.45 bits per heavy atom. The third-order valence-electron chi connectivity index (χ3n) is 3.22. The number of hydrogen-bond acceptors (Lipinski definition) is 3. The second kappa shape index (κ2) is 6.20. The lowest BCUT2D eigenvalue weighted by Crippen LogP contribution is -2.22. The Balaban J connectivity index is 2.24. The van der Waals surface area contributed by atoms with E-state index in [0.29, 0.717) is 14.1 Å². The number of carbonyl (C=O) groups excluding carboxylic acids is 1. The second-order valence-corrected chi connectivity index (χ2v) is 8.14. The summed E-state index contributed by atoms with van der Waals surface area (Å²) in [4.78, 5) is 13.5. The van der Waals surface area contributed by atoms with Gasteiger partial charge in [-0.25, -0.2) is 0 Å². The van der Waals surface area contributed by atoms with Crippen LogP contribution in [0.3, 0.4) is 0 Å². The van der Waals surface area contributed by atoms with Gasteiger partial charge in [0.25, 0.3) is 0 Å². The number of hydrogen-bond donors (Lipinski definition) is 0. The van der Waals surface area contributed by atoms with Gasteiger partial charge in [-0.2, -0.15) is 0 Å². The highest BCUT2D eigenvalue weighted by Gasteiger charge is 2.24. The van der Waals surface area contributed by atoms with E-state index in [1.807, 2.05) is 32.0 Å². The first-order valence-electron chi connectivity index (χ1n) is 6.17. The van der Waals surface area contributed by atoms with E-state index in [-0.39, 0.29) is 5.78 Å². The molecule has 1 heterocycles. The number of thiophene rings is 1. The van der Waals surface area contributed by atoms with Crippen LogP contribution in [0.4, 0.5) is 0 Å². The molecule has 2 atom stereocenters. The first kappa shape index (κ1) is 15.4. The number of aryl methyl sites for hydroxylation is 2. The zero-order chi connectivity index (χ0) is 14.9. The Morgan fingerprint density at radius 2 is 1.90 bits per heavy atom. The van der Waals surface area contributed by atoms with E-state index >= 15 is 0 Å². The summed E-state index contributed by atoms with van der Waals surface area (Å²) in [5.41, 5.74) is 2.23. The number of ketones is 1. The lowest BCUT2D eigenvalue weighted by Gasteiger charge is -2.11. The van der Waals surface area contributed by atoms with Crippen LogP contribution in [-0.4, -0.2) is 15.2 Å². The maximum absolute atomic E-state index is 12.5. The van der Waals surface area contributed by atoms with Gasteiger partial charge in [0.15, 0.2) is 5.78 Å². The SMILES string of the molecule is Cc1ccc(S(=O)C(C)C(=O)c2ccc(Cl)s2)cc1C. The van der Waals surface area contributed by atoms with Gasteiger partial charge in [0, 0.05) is 4.90 Å². The van der Waals surface area contributed by atoms with E-state index < -0.39 is 16.0 Å². The molecule has 0 aliphatic heterocycles. The molecule has 0 radical (unpaired) electrons. The van der Waals surface area contributed by atoms with Crippen LogP contribution in [0.2, 0.25) is 4.34 Å². The van der Waals surface area contributed by atoms with Gasteiger partial charge >= 0.3 is 0 Å². The summed E-state index contributed by atoms with van der Waals surface area (Å²) in [6.45, 7) is 5.67. The van der Waals surface area contributed by atoms with Crippen molar-refractivity contribution in [3.63, 3.8) is 0 Å². The van der Waals surface area contributed by atoms with E-state index in [2.05, 4.69) is 0 Å². The summed E-state index contributed by atoms with van der Waals surface area (Å²) in [5.74, 6) is -0.126. The highest BCUT2D eigenvalue weighted by Crippen LogP contribution is 2.25. The second-order valence-electron chi connectivity index (χ2n) is 4.65. The molecule has 2 nitrogen and oxygen atoms in total. The molecule has 0 saturated heterocycles.